The van der Waals surface area contributed by atoms with Crippen LogP contribution in [0.4, 0.5) is 0 Å². The van der Waals surface area contributed by atoms with Gasteiger partial charge in [-0.15, -0.1) is 0 Å². The molecule has 0 aromatic rings. The first-order valence-electron chi connectivity index (χ1n) is 3.35. The summed E-state index contributed by atoms with van der Waals surface area (Å²) in [5.74, 6) is -0.709. The average Bonchev–Trinajstić information content (AvgIpc) is 2.10. The van der Waals surface area contributed by atoms with Crippen LogP contribution in [-0.2, 0) is 4.79 Å². The number of likely N-dealkylation sites (N-methyl/N-ethyl adjacent to an activating group) is 2. The second-order valence-electron chi connectivity index (χ2n) is 2.93. The molecule has 1 aliphatic rings. The summed E-state index contributed by atoms with van der Waals surface area (Å²) < 4.78 is 0. The normalized spacial score (nSPS) is 34.6. The van der Waals surface area contributed by atoms with E-state index >= 15 is 0 Å². The van der Waals surface area contributed by atoms with Gasteiger partial charge in [-0.25, -0.2) is 4.90 Å². The molecule has 2 unspecified atom stereocenters. The van der Waals surface area contributed by atoms with Crippen LogP contribution in [-0.4, -0.2) is 49.3 Å². The molecule has 0 spiro atoms. The van der Waals surface area contributed by atoms with E-state index in [1.54, 1.807) is 0 Å². The number of nitrogens with zero attached hydrogens (tertiary/aromatic N) is 1. The maximum absolute atomic E-state index is 10.5. The predicted octanol–water partition coefficient (Wildman–Crippen LogP) is -2.14. The zero-order chi connectivity index (χ0) is 7.72. The lowest BCUT2D eigenvalue weighted by molar-refractivity contribution is -0.871. The molecule has 58 valence electrons. The highest BCUT2D eigenvalue weighted by Gasteiger charge is 2.33. The SMILES string of the molecule is CN1C[NH+](C)CC1C(=O)O. The van der Waals surface area contributed by atoms with Crippen LogP contribution >= 0.6 is 0 Å². The van der Waals surface area contributed by atoms with Gasteiger partial charge in [0, 0.05) is 0 Å². The van der Waals surface area contributed by atoms with Crippen LogP contribution < -0.4 is 4.90 Å². The summed E-state index contributed by atoms with van der Waals surface area (Å²) in [6.07, 6.45) is 0. The van der Waals surface area contributed by atoms with E-state index in [9.17, 15) is 4.79 Å². The third-order valence-corrected chi connectivity index (χ3v) is 1.88. The Morgan fingerprint density at radius 2 is 2.40 bits per heavy atom. The number of aliphatic carboxylic acids is 1. The van der Waals surface area contributed by atoms with Crippen LogP contribution in [0.5, 0.6) is 0 Å². The minimum atomic E-state index is -0.709. The molecule has 0 aromatic heterocycles. The molecule has 1 rings (SSSR count). The van der Waals surface area contributed by atoms with Crippen molar-refractivity contribution in [2.24, 2.45) is 0 Å². The second kappa shape index (κ2) is 2.56. The van der Waals surface area contributed by atoms with Crippen LogP contribution in [0.2, 0.25) is 0 Å². The number of quaternary nitrogens is 1. The van der Waals surface area contributed by atoms with E-state index in [4.69, 9.17) is 5.11 Å². The molecule has 0 radical (unpaired) electrons. The molecule has 4 heteroatoms. The van der Waals surface area contributed by atoms with Crippen molar-refractivity contribution in [2.45, 2.75) is 6.04 Å². The largest absolute Gasteiger partial charge is 0.480 e. The van der Waals surface area contributed by atoms with Gasteiger partial charge in [-0.1, -0.05) is 0 Å². The van der Waals surface area contributed by atoms with E-state index in [0.717, 1.165) is 6.67 Å². The smallest absolute Gasteiger partial charge is 0.326 e. The Morgan fingerprint density at radius 1 is 1.80 bits per heavy atom. The molecule has 1 heterocycles. The first-order chi connectivity index (χ1) is 4.61. The fraction of sp³-hybridized carbons (Fsp3) is 0.833. The molecule has 2 N–H and O–H groups in total. The van der Waals surface area contributed by atoms with Crippen molar-refractivity contribution in [3.8, 4) is 0 Å². The van der Waals surface area contributed by atoms with Crippen LogP contribution in [0, 0.1) is 0 Å². The van der Waals surface area contributed by atoms with Crippen molar-refractivity contribution < 1.29 is 14.8 Å². The Labute approximate surface area is 60.0 Å². The highest BCUT2D eigenvalue weighted by Crippen LogP contribution is 1.95. The third kappa shape index (κ3) is 1.27. The van der Waals surface area contributed by atoms with Gasteiger partial charge in [0.2, 0.25) is 0 Å². The van der Waals surface area contributed by atoms with Crippen molar-refractivity contribution in [1.29, 1.82) is 0 Å². The number of hydrogen-bond acceptors (Lipinski definition) is 2. The first-order valence-corrected chi connectivity index (χ1v) is 3.35. The highest BCUT2D eigenvalue weighted by molar-refractivity contribution is 5.73. The Balaban J connectivity index is 2.54. The van der Waals surface area contributed by atoms with Crippen LogP contribution in [0.25, 0.3) is 0 Å². The summed E-state index contributed by atoms with van der Waals surface area (Å²) in [5, 5.41) is 8.65. The van der Waals surface area contributed by atoms with Crippen molar-refractivity contribution in [3.63, 3.8) is 0 Å². The van der Waals surface area contributed by atoms with Gasteiger partial charge in [0.25, 0.3) is 0 Å². The van der Waals surface area contributed by atoms with Crippen LogP contribution in [0.1, 0.15) is 0 Å². The predicted molar refractivity (Wildman–Crippen MR) is 35.8 cm³/mol. The Hall–Kier alpha value is -0.610. The van der Waals surface area contributed by atoms with E-state index in [1.165, 1.54) is 4.90 Å². The van der Waals surface area contributed by atoms with E-state index in [0.29, 0.717) is 6.54 Å². The van der Waals surface area contributed by atoms with E-state index in [2.05, 4.69) is 0 Å². The van der Waals surface area contributed by atoms with E-state index in [-0.39, 0.29) is 6.04 Å². The molecule has 0 saturated carbocycles. The number of carboxylic acid groups (broad SMARTS) is 1. The minimum Gasteiger partial charge on any atom is -0.480 e. The molecule has 0 aromatic carbocycles. The molecule has 2 atom stereocenters. The zero-order valence-electron chi connectivity index (χ0n) is 6.29. The lowest BCUT2D eigenvalue weighted by Crippen LogP contribution is -3.07. The number of nitrogens with one attached hydrogen (secondary N) is 1. The van der Waals surface area contributed by atoms with Gasteiger partial charge in [-0.2, -0.15) is 0 Å². The van der Waals surface area contributed by atoms with Crippen molar-refractivity contribution in [2.75, 3.05) is 27.3 Å². The quantitative estimate of drug-likeness (QED) is 0.442. The minimum absolute atomic E-state index is 0.278. The number of carboxylic acids is 1. The highest BCUT2D eigenvalue weighted by atomic mass is 16.4. The van der Waals surface area contributed by atoms with Crippen LogP contribution in [0.15, 0.2) is 0 Å². The molecule has 0 bridgehead atoms. The zero-order valence-corrected chi connectivity index (χ0v) is 6.29. The fourth-order valence-corrected chi connectivity index (χ4v) is 1.36. The number of carbonyl (C=O) groups is 1. The van der Waals surface area contributed by atoms with Gasteiger partial charge >= 0.3 is 5.97 Å². The first kappa shape index (κ1) is 7.50. The Bertz CT molecular complexity index is 149. The summed E-state index contributed by atoms with van der Waals surface area (Å²) in [4.78, 5) is 13.6. The summed E-state index contributed by atoms with van der Waals surface area (Å²) >= 11 is 0. The lowest BCUT2D eigenvalue weighted by Gasteiger charge is -2.08. The van der Waals surface area contributed by atoms with Crippen LogP contribution in [0.3, 0.4) is 0 Å². The molecule has 10 heavy (non-hydrogen) atoms. The van der Waals surface area contributed by atoms with Crippen molar-refractivity contribution in [1.82, 2.24) is 4.90 Å². The molecule has 1 aliphatic heterocycles. The van der Waals surface area contributed by atoms with E-state index in [1.807, 2.05) is 19.0 Å². The van der Waals surface area contributed by atoms with Gasteiger partial charge in [0.1, 0.15) is 13.2 Å². The summed E-state index contributed by atoms with van der Waals surface area (Å²) in [6, 6.07) is -0.278. The summed E-state index contributed by atoms with van der Waals surface area (Å²) in [7, 11) is 3.84. The number of hydrogen-bond donors (Lipinski definition) is 2. The van der Waals surface area contributed by atoms with Crippen molar-refractivity contribution >= 4 is 5.97 Å². The summed E-state index contributed by atoms with van der Waals surface area (Å²) in [5.41, 5.74) is 0. The molecule has 1 fully saturated rings. The van der Waals surface area contributed by atoms with Gasteiger partial charge in [-0.05, 0) is 7.05 Å². The fourth-order valence-electron chi connectivity index (χ4n) is 1.36. The third-order valence-electron chi connectivity index (χ3n) is 1.88. The van der Waals surface area contributed by atoms with E-state index < -0.39 is 5.97 Å². The molecule has 1 saturated heterocycles. The maximum Gasteiger partial charge on any atom is 0.326 e. The van der Waals surface area contributed by atoms with Gasteiger partial charge in [0.15, 0.2) is 6.04 Å². The second-order valence-corrected chi connectivity index (χ2v) is 2.93. The molecule has 0 amide bonds. The average molecular weight is 145 g/mol. The Kier molecular flexibility index (Phi) is 1.92. The molecular formula is C6H13N2O2+. The van der Waals surface area contributed by atoms with Gasteiger partial charge in [0.05, 0.1) is 7.05 Å². The standard InChI is InChI=1S/C6H12N2O2/c1-7-3-5(6(9)10)8(2)4-7/h5H,3-4H2,1-2H3,(H,9,10)/p+1. The molecule has 0 aliphatic carbocycles. The van der Waals surface area contributed by atoms with Gasteiger partial charge < -0.3 is 10.0 Å². The number of rotatable bonds is 1. The summed E-state index contributed by atoms with van der Waals surface area (Å²) in [6.45, 7) is 1.54. The topological polar surface area (TPSA) is 45.0 Å². The Morgan fingerprint density at radius 3 is 2.60 bits per heavy atom. The maximum atomic E-state index is 10.5. The monoisotopic (exact) mass is 145 g/mol. The van der Waals surface area contributed by atoms with Gasteiger partial charge in [-0.3, -0.25) is 4.79 Å². The molecule has 4 nitrogen and oxygen atoms in total. The lowest BCUT2D eigenvalue weighted by atomic mass is 10.3. The van der Waals surface area contributed by atoms with Crippen molar-refractivity contribution in [3.05, 3.63) is 0 Å². The molecular weight excluding hydrogens is 132 g/mol.